The summed E-state index contributed by atoms with van der Waals surface area (Å²) in [5, 5.41) is 3.64. The summed E-state index contributed by atoms with van der Waals surface area (Å²) in [5.74, 6) is -0.954. The number of para-hydroxylation sites is 1. The highest BCUT2D eigenvalue weighted by Crippen LogP contribution is 2.31. The van der Waals surface area contributed by atoms with Crippen LogP contribution in [0, 0.1) is 5.82 Å². The molecular formula is C19H12FN3OS. The van der Waals surface area contributed by atoms with Crippen LogP contribution in [-0.4, -0.2) is 15.9 Å². The Balaban J connectivity index is 1.62. The SMILES string of the molecule is O=C(Nc1cccc(-c2nc3ccccc3s2)c1)c1cncc(F)c1. The number of nitrogens with one attached hydrogen (secondary N) is 1. The minimum atomic E-state index is -0.545. The quantitative estimate of drug-likeness (QED) is 0.581. The Hall–Kier alpha value is -3.12. The molecule has 4 nitrogen and oxygen atoms in total. The minimum Gasteiger partial charge on any atom is -0.322 e. The third-order valence-electron chi connectivity index (χ3n) is 3.63. The molecule has 2 aromatic carbocycles. The molecule has 4 aromatic rings. The van der Waals surface area contributed by atoms with Crippen molar-refractivity contribution in [1.29, 1.82) is 0 Å². The molecule has 2 heterocycles. The Morgan fingerprint density at radius 3 is 2.76 bits per heavy atom. The summed E-state index contributed by atoms with van der Waals surface area (Å²) in [7, 11) is 0. The summed E-state index contributed by atoms with van der Waals surface area (Å²) in [4.78, 5) is 20.5. The monoisotopic (exact) mass is 349 g/mol. The van der Waals surface area contributed by atoms with E-state index >= 15 is 0 Å². The summed E-state index contributed by atoms with van der Waals surface area (Å²) in [5.41, 5.74) is 2.65. The van der Waals surface area contributed by atoms with Gasteiger partial charge in [0, 0.05) is 17.4 Å². The minimum absolute atomic E-state index is 0.172. The normalized spacial score (nSPS) is 10.8. The van der Waals surface area contributed by atoms with Gasteiger partial charge < -0.3 is 5.32 Å². The second-order valence-electron chi connectivity index (χ2n) is 5.41. The van der Waals surface area contributed by atoms with E-state index in [-0.39, 0.29) is 5.56 Å². The number of fused-ring (bicyclic) bond motifs is 1. The van der Waals surface area contributed by atoms with E-state index in [2.05, 4.69) is 15.3 Å². The van der Waals surface area contributed by atoms with Crippen molar-refractivity contribution in [3.05, 3.63) is 78.4 Å². The number of hydrogen-bond donors (Lipinski definition) is 1. The van der Waals surface area contributed by atoms with Crippen LogP contribution in [-0.2, 0) is 0 Å². The molecule has 25 heavy (non-hydrogen) atoms. The summed E-state index contributed by atoms with van der Waals surface area (Å²) < 4.78 is 14.3. The van der Waals surface area contributed by atoms with Crippen LogP contribution in [0.25, 0.3) is 20.8 Å². The standard InChI is InChI=1S/C19H12FN3OS/c20-14-8-13(10-21-11-14)18(24)22-15-5-3-4-12(9-15)19-23-16-6-1-2-7-17(16)25-19/h1-11H,(H,22,24). The summed E-state index contributed by atoms with van der Waals surface area (Å²) >= 11 is 1.59. The molecule has 2 aromatic heterocycles. The highest BCUT2D eigenvalue weighted by Gasteiger charge is 2.10. The molecule has 0 aliphatic heterocycles. The molecule has 0 saturated carbocycles. The zero-order valence-electron chi connectivity index (χ0n) is 12.9. The predicted octanol–water partition coefficient (Wildman–Crippen LogP) is 4.75. The lowest BCUT2D eigenvalue weighted by Crippen LogP contribution is -2.12. The molecule has 122 valence electrons. The first-order valence-electron chi connectivity index (χ1n) is 7.57. The van der Waals surface area contributed by atoms with Crippen LogP contribution in [0.1, 0.15) is 10.4 Å². The van der Waals surface area contributed by atoms with E-state index in [1.165, 1.54) is 6.20 Å². The van der Waals surface area contributed by atoms with Crippen molar-refractivity contribution in [3.63, 3.8) is 0 Å². The Kier molecular flexibility index (Phi) is 3.95. The number of thiazole rings is 1. The van der Waals surface area contributed by atoms with E-state index in [1.807, 2.05) is 42.5 Å². The molecule has 0 saturated heterocycles. The number of carbonyl (C=O) groups excluding carboxylic acids is 1. The first-order chi connectivity index (χ1) is 12.2. The molecule has 0 radical (unpaired) electrons. The van der Waals surface area contributed by atoms with Crippen molar-refractivity contribution in [2.75, 3.05) is 5.32 Å². The highest BCUT2D eigenvalue weighted by atomic mass is 32.1. The van der Waals surface area contributed by atoms with Crippen molar-refractivity contribution < 1.29 is 9.18 Å². The van der Waals surface area contributed by atoms with Crippen molar-refractivity contribution in [2.45, 2.75) is 0 Å². The average Bonchev–Trinajstić information content (AvgIpc) is 3.06. The van der Waals surface area contributed by atoms with Gasteiger partial charge in [0.05, 0.1) is 22.0 Å². The molecule has 0 unspecified atom stereocenters. The zero-order valence-corrected chi connectivity index (χ0v) is 13.8. The van der Waals surface area contributed by atoms with Gasteiger partial charge >= 0.3 is 0 Å². The number of anilines is 1. The van der Waals surface area contributed by atoms with E-state index in [0.717, 1.165) is 33.1 Å². The molecule has 1 N–H and O–H groups in total. The van der Waals surface area contributed by atoms with Gasteiger partial charge in [0.2, 0.25) is 0 Å². The highest BCUT2D eigenvalue weighted by molar-refractivity contribution is 7.21. The Bertz CT molecular complexity index is 1040. The molecule has 4 rings (SSSR count). The van der Waals surface area contributed by atoms with Gasteiger partial charge in [-0.25, -0.2) is 9.37 Å². The summed E-state index contributed by atoms with van der Waals surface area (Å²) in [6.45, 7) is 0. The largest absolute Gasteiger partial charge is 0.322 e. The summed E-state index contributed by atoms with van der Waals surface area (Å²) in [6, 6.07) is 16.5. The van der Waals surface area contributed by atoms with E-state index in [1.54, 1.807) is 17.4 Å². The van der Waals surface area contributed by atoms with E-state index in [4.69, 9.17) is 0 Å². The molecule has 1 amide bonds. The predicted molar refractivity (Wildman–Crippen MR) is 97.2 cm³/mol. The number of benzene rings is 2. The number of nitrogens with zero attached hydrogens (tertiary/aromatic N) is 2. The number of rotatable bonds is 3. The third-order valence-corrected chi connectivity index (χ3v) is 4.71. The van der Waals surface area contributed by atoms with E-state index in [0.29, 0.717) is 5.69 Å². The van der Waals surface area contributed by atoms with Crippen molar-refractivity contribution >= 4 is 33.1 Å². The third kappa shape index (κ3) is 3.25. The van der Waals surface area contributed by atoms with Crippen LogP contribution >= 0.6 is 11.3 Å². The van der Waals surface area contributed by atoms with Crippen LogP contribution in [0.5, 0.6) is 0 Å². The molecule has 0 bridgehead atoms. The molecule has 0 atom stereocenters. The zero-order chi connectivity index (χ0) is 17.2. The molecular weight excluding hydrogens is 337 g/mol. The summed E-state index contributed by atoms with van der Waals surface area (Å²) in [6.07, 6.45) is 2.39. The Morgan fingerprint density at radius 1 is 1.04 bits per heavy atom. The first-order valence-corrected chi connectivity index (χ1v) is 8.38. The lowest BCUT2D eigenvalue weighted by molar-refractivity contribution is 0.102. The lowest BCUT2D eigenvalue weighted by atomic mass is 10.2. The molecule has 0 aliphatic carbocycles. The van der Waals surface area contributed by atoms with E-state index < -0.39 is 11.7 Å². The fraction of sp³-hybridized carbons (Fsp3) is 0. The molecule has 6 heteroatoms. The maximum atomic E-state index is 13.2. The van der Waals surface area contributed by atoms with Gasteiger partial charge in [-0.05, 0) is 30.3 Å². The fourth-order valence-electron chi connectivity index (χ4n) is 2.46. The molecule has 0 spiro atoms. The fourth-order valence-corrected chi connectivity index (χ4v) is 3.43. The Labute approximate surface area is 147 Å². The number of pyridine rings is 1. The average molecular weight is 349 g/mol. The number of aromatic nitrogens is 2. The number of carbonyl (C=O) groups is 1. The van der Waals surface area contributed by atoms with Crippen LogP contribution in [0.3, 0.4) is 0 Å². The number of amides is 1. The first kappa shape index (κ1) is 15.4. The van der Waals surface area contributed by atoms with Gasteiger partial charge in [-0.15, -0.1) is 11.3 Å². The maximum Gasteiger partial charge on any atom is 0.257 e. The second kappa shape index (κ2) is 6.41. The number of halogens is 1. The van der Waals surface area contributed by atoms with Crippen LogP contribution in [0.2, 0.25) is 0 Å². The molecule has 0 aliphatic rings. The maximum absolute atomic E-state index is 13.2. The van der Waals surface area contributed by atoms with Crippen LogP contribution in [0.15, 0.2) is 67.0 Å². The van der Waals surface area contributed by atoms with Gasteiger partial charge in [0.25, 0.3) is 5.91 Å². The number of hydrogen-bond acceptors (Lipinski definition) is 4. The van der Waals surface area contributed by atoms with Gasteiger partial charge in [-0.1, -0.05) is 24.3 Å². The van der Waals surface area contributed by atoms with Crippen molar-refractivity contribution in [2.24, 2.45) is 0 Å². The van der Waals surface area contributed by atoms with Crippen LogP contribution < -0.4 is 5.32 Å². The van der Waals surface area contributed by atoms with E-state index in [9.17, 15) is 9.18 Å². The van der Waals surface area contributed by atoms with Gasteiger partial charge in [0.1, 0.15) is 10.8 Å². The smallest absolute Gasteiger partial charge is 0.257 e. The second-order valence-corrected chi connectivity index (χ2v) is 6.44. The van der Waals surface area contributed by atoms with Crippen LogP contribution in [0.4, 0.5) is 10.1 Å². The Morgan fingerprint density at radius 2 is 1.92 bits per heavy atom. The molecule has 0 fully saturated rings. The topological polar surface area (TPSA) is 54.9 Å². The van der Waals surface area contributed by atoms with Gasteiger partial charge in [-0.2, -0.15) is 0 Å². The van der Waals surface area contributed by atoms with Gasteiger partial charge in [-0.3, -0.25) is 9.78 Å². The van der Waals surface area contributed by atoms with Crippen molar-refractivity contribution in [3.8, 4) is 10.6 Å². The van der Waals surface area contributed by atoms with Crippen molar-refractivity contribution in [1.82, 2.24) is 9.97 Å². The lowest BCUT2D eigenvalue weighted by Gasteiger charge is -2.06. The van der Waals surface area contributed by atoms with Gasteiger partial charge in [0.15, 0.2) is 0 Å².